The molecule has 0 unspecified atom stereocenters. The Morgan fingerprint density at radius 3 is 3.07 bits per heavy atom. The van der Waals surface area contributed by atoms with Gasteiger partial charge >= 0.3 is 0 Å². The summed E-state index contributed by atoms with van der Waals surface area (Å²) in [7, 11) is 1.89. The van der Waals surface area contributed by atoms with Crippen LogP contribution in [0.2, 0.25) is 0 Å². The van der Waals surface area contributed by atoms with E-state index in [9.17, 15) is 0 Å². The van der Waals surface area contributed by atoms with E-state index in [1.54, 1.807) is 18.6 Å². The standard InChI is InChI=1S/C8H9N5S/c1-9-5-7-8(12-13-14-7)6-4-10-2-3-11-6/h2-4,9H,5H2,1H3. The first-order valence-corrected chi connectivity index (χ1v) is 4.91. The first-order chi connectivity index (χ1) is 6.92. The van der Waals surface area contributed by atoms with E-state index in [0.29, 0.717) is 0 Å². The molecule has 6 heteroatoms. The number of nitrogens with zero attached hydrogens (tertiary/aromatic N) is 4. The van der Waals surface area contributed by atoms with E-state index < -0.39 is 0 Å². The summed E-state index contributed by atoms with van der Waals surface area (Å²) in [5, 5.41) is 7.09. The highest BCUT2D eigenvalue weighted by molar-refractivity contribution is 7.05. The summed E-state index contributed by atoms with van der Waals surface area (Å²) in [6.45, 7) is 0.754. The highest BCUT2D eigenvalue weighted by Crippen LogP contribution is 2.20. The molecule has 0 aliphatic heterocycles. The SMILES string of the molecule is CNCc1snnc1-c1cnccn1. The molecule has 0 saturated heterocycles. The van der Waals surface area contributed by atoms with Crippen molar-refractivity contribution in [1.82, 2.24) is 24.9 Å². The van der Waals surface area contributed by atoms with E-state index >= 15 is 0 Å². The predicted octanol–water partition coefficient (Wildman–Crippen LogP) is 0.714. The third-order valence-corrected chi connectivity index (χ3v) is 2.42. The second kappa shape index (κ2) is 4.21. The maximum atomic E-state index is 4.18. The molecule has 0 aromatic carbocycles. The lowest BCUT2D eigenvalue weighted by Crippen LogP contribution is -2.04. The van der Waals surface area contributed by atoms with Crippen molar-refractivity contribution < 1.29 is 0 Å². The zero-order valence-electron chi connectivity index (χ0n) is 7.64. The Bertz CT molecular complexity index is 399. The van der Waals surface area contributed by atoms with Crippen LogP contribution in [0.1, 0.15) is 4.88 Å². The van der Waals surface area contributed by atoms with Gasteiger partial charge in [0, 0.05) is 18.9 Å². The van der Waals surface area contributed by atoms with Crippen molar-refractivity contribution in [2.45, 2.75) is 6.54 Å². The van der Waals surface area contributed by atoms with Crippen molar-refractivity contribution in [3.63, 3.8) is 0 Å². The Labute approximate surface area is 85.4 Å². The van der Waals surface area contributed by atoms with Crippen LogP contribution in [0.5, 0.6) is 0 Å². The minimum absolute atomic E-state index is 0.754. The molecule has 2 aromatic rings. The molecular formula is C8H9N5S. The summed E-state index contributed by atoms with van der Waals surface area (Å²) < 4.78 is 3.90. The van der Waals surface area contributed by atoms with Gasteiger partial charge in [-0.15, -0.1) is 5.10 Å². The van der Waals surface area contributed by atoms with E-state index in [2.05, 4.69) is 24.9 Å². The zero-order chi connectivity index (χ0) is 9.80. The highest BCUT2D eigenvalue weighted by Gasteiger charge is 2.10. The monoisotopic (exact) mass is 207 g/mol. The van der Waals surface area contributed by atoms with Gasteiger partial charge < -0.3 is 5.32 Å². The van der Waals surface area contributed by atoms with Gasteiger partial charge in [0.2, 0.25) is 0 Å². The van der Waals surface area contributed by atoms with Crippen molar-refractivity contribution in [2.75, 3.05) is 7.05 Å². The van der Waals surface area contributed by atoms with Crippen LogP contribution in [0.3, 0.4) is 0 Å². The molecule has 0 spiro atoms. The number of nitrogens with one attached hydrogen (secondary N) is 1. The van der Waals surface area contributed by atoms with Crippen molar-refractivity contribution in [2.24, 2.45) is 0 Å². The molecule has 2 heterocycles. The smallest absolute Gasteiger partial charge is 0.130 e. The molecule has 0 aliphatic rings. The van der Waals surface area contributed by atoms with E-state index in [1.165, 1.54) is 11.5 Å². The summed E-state index contributed by atoms with van der Waals surface area (Å²) in [6, 6.07) is 0. The van der Waals surface area contributed by atoms with Crippen LogP contribution in [0, 0.1) is 0 Å². The van der Waals surface area contributed by atoms with Gasteiger partial charge in [-0.1, -0.05) is 4.49 Å². The fraction of sp³-hybridized carbons (Fsp3) is 0.250. The second-order valence-corrected chi connectivity index (χ2v) is 3.50. The quantitative estimate of drug-likeness (QED) is 0.803. The lowest BCUT2D eigenvalue weighted by Gasteiger charge is -1.97. The minimum atomic E-state index is 0.754. The molecule has 72 valence electrons. The van der Waals surface area contributed by atoms with Crippen molar-refractivity contribution >= 4 is 11.5 Å². The van der Waals surface area contributed by atoms with Gasteiger partial charge in [0.05, 0.1) is 11.1 Å². The molecule has 2 rings (SSSR count). The highest BCUT2D eigenvalue weighted by atomic mass is 32.1. The molecule has 14 heavy (non-hydrogen) atoms. The van der Waals surface area contributed by atoms with Crippen LogP contribution < -0.4 is 5.32 Å². The van der Waals surface area contributed by atoms with Crippen molar-refractivity contribution in [3.05, 3.63) is 23.5 Å². The van der Waals surface area contributed by atoms with Crippen LogP contribution in [0.25, 0.3) is 11.4 Å². The topological polar surface area (TPSA) is 63.6 Å². The Morgan fingerprint density at radius 2 is 2.36 bits per heavy atom. The van der Waals surface area contributed by atoms with Gasteiger partial charge in [-0.25, -0.2) is 0 Å². The lowest BCUT2D eigenvalue weighted by atomic mass is 10.3. The first kappa shape index (κ1) is 9.17. The molecule has 0 radical (unpaired) electrons. The van der Waals surface area contributed by atoms with Crippen LogP contribution in [0.4, 0.5) is 0 Å². The summed E-state index contributed by atoms with van der Waals surface area (Å²) in [6.07, 6.45) is 4.98. The third-order valence-electron chi connectivity index (χ3n) is 1.70. The molecule has 1 N–H and O–H groups in total. The Hall–Kier alpha value is -1.40. The number of rotatable bonds is 3. The van der Waals surface area contributed by atoms with Gasteiger partial charge in [0.25, 0.3) is 0 Å². The molecule has 0 fully saturated rings. The summed E-state index contributed by atoms with van der Waals surface area (Å²) in [4.78, 5) is 9.25. The van der Waals surface area contributed by atoms with Crippen LogP contribution >= 0.6 is 11.5 Å². The normalized spacial score (nSPS) is 10.4. The lowest BCUT2D eigenvalue weighted by molar-refractivity contribution is 0.829. The molecule has 5 nitrogen and oxygen atoms in total. The number of hydrogen-bond donors (Lipinski definition) is 1. The maximum Gasteiger partial charge on any atom is 0.130 e. The average molecular weight is 207 g/mol. The van der Waals surface area contributed by atoms with E-state index in [0.717, 1.165) is 22.8 Å². The fourth-order valence-electron chi connectivity index (χ4n) is 1.10. The first-order valence-electron chi connectivity index (χ1n) is 4.14. The van der Waals surface area contributed by atoms with E-state index in [1.807, 2.05) is 7.05 Å². The Kier molecular flexibility index (Phi) is 2.76. The third kappa shape index (κ3) is 1.75. The Balaban J connectivity index is 2.37. The molecule has 0 aliphatic carbocycles. The van der Waals surface area contributed by atoms with Crippen LogP contribution in [0.15, 0.2) is 18.6 Å². The van der Waals surface area contributed by atoms with Gasteiger partial charge in [-0.3, -0.25) is 9.97 Å². The molecule has 0 atom stereocenters. The largest absolute Gasteiger partial charge is 0.315 e. The maximum absolute atomic E-state index is 4.18. The van der Waals surface area contributed by atoms with E-state index in [4.69, 9.17) is 0 Å². The van der Waals surface area contributed by atoms with Crippen molar-refractivity contribution in [3.8, 4) is 11.4 Å². The molecule has 0 bridgehead atoms. The number of aromatic nitrogens is 4. The summed E-state index contributed by atoms with van der Waals surface area (Å²) in [5.74, 6) is 0. The fourth-order valence-corrected chi connectivity index (χ4v) is 1.76. The van der Waals surface area contributed by atoms with Gasteiger partial charge in [0.1, 0.15) is 11.4 Å². The molecular weight excluding hydrogens is 198 g/mol. The predicted molar refractivity (Wildman–Crippen MR) is 53.7 cm³/mol. The Morgan fingerprint density at radius 1 is 1.43 bits per heavy atom. The van der Waals surface area contributed by atoms with Gasteiger partial charge in [0.15, 0.2) is 0 Å². The number of hydrogen-bond acceptors (Lipinski definition) is 6. The van der Waals surface area contributed by atoms with Crippen LogP contribution in [-0.2, 0) is 6.54 Å². The van der Waals surface area contributed by atoms with Gasteiger partial charge in [-0.2, -0.15) is 0 Å². The molecule has 0 amide bonds. The second-order valence-electron chi connectivity index (χ2n) is 2.67. The molecule has 0 saturated carbocycles. The summed E-state index contributed by atoms with van der Waals surface area (Å²) >= 11 is 1.38. The average Bonchev–Trinajstić information content (AvgIpc) is 2.68. The van der Waals surface area contributed by atoms with Crippen molar-refractivity contribution in [1.29, 1.82) is 0 Å². The van der Waals surface area contributed by atoms with Crippen LogP contribution in [-0.4, -0.2) is 26.6 Å². The van der Waals surface area contributed by atoms with E-state index in [-0.39, 0.29) is 0 Å². The molecule has 2 aromatic heterocycles. The van der Waals surface area contributed by atoms with Gasteiger partial charge in [-0.05, 0) is 18.6 Å². The zero-order valence-corrected chi connectivity index (χ0v) is 8.45. The minimum Gasteiger partial charge on any atom is -0.315 e. The summed E-state index contributed by atoms with van der Waals surface area (Å²) in [5.41, 5.74) is 1.59.